The predicted octanol–water partition coefficient (Wildman–Crippen LogP) is 3.35. The Morgan fingerprint density at radius 2 is 1.68 bits per heavy atom. The van der Waals surface area contributed by atoms with Gasteiger partial charge in [-0.15, -0.1) is 0 Å². The SMILES string of the molecule is CCc1nc2cc(C(=O)Nc3ccc(NC(C)=O)cc3)ccc2n1C. The van der Waals surface area contributed by atoms with Gasteiger partial charge in [0.1, 0.15) is 5.82 Å². The van der Waals surface area contributed by atoms with Gasteiger partial charge in [-0.1, -0.05) is 6.92 Å². The number of hydrogen-bond donors (Lipinski definition) is 2. The van der Waals surface area contributed by atoms with Crippen LogP contribution in [0.5, 0.6) is 0 Å². The highest BCUT2D eigenvalue weighted by molar-refractivity contribution is 6.06. The summed E-state index contributed by atoms with van der Waals surface area (Å²) in [6.45, 7) is 3.51. The van der Waals surface area contributed by atoms with Gasteiger partial charge >= 0.3 is 0 Å². The number of aromatic nitrogens is 2. The smallest absolute Gasteiger partial charge is 0.255 e. The maximum absolute atomic E-state index is 12.5. The third-order valence-electron chi connectivity index (χ3n) is 4.02. The van der Waals surface area contributed by atoms with Gasteiger partial charge in [0.15, 0.2) is 0 Å². The summed E-state index contributed by atoms with van der Waals surface area (Å²) in [7, 11) is 1.98. The fraction of sp³-hybridized carbons (Fsp3) is 0.211. The summed E-state index contributed by atoms with van der Waals surface area (Å²) in [4.78, 5) is 28.1. The molecular formula is C19H20N4O2. The van der Waals surface area contributed by atoms with E-state index >= 15 is 0 Å². The van der Waals surface area contributed by atoms with Gasteiger partial charge in [-0.25, -0.2) is 4.98 Å². The Kier molecular flexibility index (Phi) is 4.52. The molecule has 0 fully saturated rings. The van der Waals surface area contributed by atoms with Gasteiger partial charge in [0, 0.05) is 37.3 Å². The number of nitrogens with one attached hydrogen (secondary N) is 2. The Morgan fingerprint density at radius 1 is 1.04 bits per heavy atom. The number of rotatable bonds is 4. The minimum Gasteiger partial charge on any atom is -0.331 e. The summed E-state index contributed by atoms with van der Waals surface area (Å²) in [6, 6.07) is 12.5. The van der Waals surface area contributed by atoms with Crippen molar-refractivity contribution >= 4 is 34.2 Å². The van der Waals surface area contributed by atoms with E-state index in [1.807, 2.05) is 17.7 Å². The van der Waals surface area contributed by atoms with Gasteiger partial charge < -0.3 is 15.2 Å². The molecule has 0 aliphatic rings. The largest absolute Gasteiger partial charge is 0.331 e. The van der Waals surface area contributed by atoms with Crippen molar-refractivity contribution in [2.24, 2.45) is 7.05 Å². The van der Waals surface area contributed by atoms with Crippen molar-refractivity contribution in [1.82, 2.24) is 9.55 Å². The molecule has 128 valence electrons. The topological polar surface area (TPSA) is 76.0 Å². The molecule has 0 spiro atoms. The van der Waals surface area contributed by atoms with Crippen LogP contribution >= 0.6 is 0 Å². The lowest BCUT2D eigenvalue weighted by Crippen LogP contribution is -2.12. The second-order valence-corrected chi connectivity index (χ2v) is 5.86. The van der Waals surface area contributed by atoms with Crippen LogP contribution in [0.1, 0.15) is 30.0 Å². The maximum atomic E-state index is 12.5. The molecule has 2 aromatic carbocycles. The number of benzene rings is 2. The van der Waals surface area contributed by atoms with Gasteiger partial charge in [-0.2, -0.15) is 0 Å². The van der Waals surface area contributed by atoms with Crippen molar-refractivity contribution in [3.63, 3.8) is 0 Å². The highest BCUT2D eigenvalue weighted by atomic mass is 16.2. The van der Waals surface area contributed by atoms with Gasteiger partial charge in [0.2, 0.25) is 5.91 Å². The first-order valence-electron chi connectivity index (χ1n) is 8.12. The minimum absolute atomic E-state index is 0.133. The van der Waals surface area contributed by atoms with E-state index < -0.39 is 0 Å². The number of imidazole rings is 1. The number of carbonyl (C=O) groups is 2. The molecule has 0 unspecified atom stereocenters. The molecule has 2 N–H and O–H groups in total. The summed E-state index contributed by atoms with van der Waals surface area (Å²) < 4.78 is 2.04. The lowest BCUT2D eigenvalue weighted by atomic mass is 10.2. The molecule has 0 aliphatic carbocycles. The summed E-state index contributed by atoms with van der Waals surface area (Å²) in [5.74, 6) is 0.658. The molecule has 2 amide bonds. The fourth-order valence-corrected chi connectivity index (χ4v) is 2.75. The predicted molar refractivity (Wildman–Crippen MR) is 98.8 cm³/mol. The highest BCUT2D eigenvalue weighted by Crippen LogP contribution is 2.19. The first kappa shape index (κ1) is 16.7. The first-order chi connectivity index (χ1) is 12.0. The van der Waals surface area contributed by atoms with Crippen LogP contribution in [0.25, 0.3) is 11.0 Å². The third kappa shape index (κ3) is 3.52. The van der Waals surface area contributed by atoms with Gasteiger partial charge in [0.25, 0.3) is 5.91 Å². The Labute approximate surface area is 145 Å². The van der Waals surface area contributed by atoms with E-state index in [2.05, 4.69) is 22.5 Å². The Hall–Kier alpha value is -3.15. The lowest BCUT2D eigenvalue weighted by Gasteiger charge is -2.07. The molecular weight excluding hydrogens is 316 g/mol. The standard InChI is InChI=1S/C19H20N4O2/c1-4-18-22-16-11-13(5-10-17(16)23(18)3)19(25)21-15-8-6-14(7-9-15)20-12(2)24/h5-11H,4H2,1-3H3,(H,20,24)(H,21,25). The second kappa shape index (κ2) is 6.76. The monoisotopic (exact) mass is 336 g/mol. The molecule has 0 saturated heterocycles. The molecule has 0 radical (unpaired) electrons. The Morgan fingerprint density at radius 3 is 2.28 bits per heavy atom. The van der Waals surface area contributed by atoms with Gasteiger partial charge in [-0.3, -0.25) is 9.59 Å². The van der Waals surface area contributed by atoms with Crippen LogP contribution in [0.15, 0.2) is 42.5 Å². The van der Waals surface area contributed by atoms with Crippen LogP contribution in [-0.4, -0.2) is 21.4 Å². The van der Waals surface area contributed by atoms with Crippen LogP contribution in [0.2, 0.25) is 0 Å². The van der Waals surface area contributed by atoms with Gasteiger partial charge in [0.05, 0.1) is 11.0 Å². The minimum atomic E-state index is -0.196. The number of hydrogen-bond acceptors (Lipinski definition) is 3. The number of aryl methyl sites for hydroxylation is 2. The van der Waals surface area contributed by atoms with Crippen molar-refractivity contribution in [2.75, 3.05) is 10.6 Å². The van der Waals surface area contributed by atoms with Crippen molar-refractivity contribution < 1.29 is 9.59 Å². The normalized spacial score (nSPS) is 10.7. The van der Waals surface area contributed by atoms with E-state index in [0.29, 0.717) is 16.9 Å². The van der Waals surface area contributed by atoms with Crippen molar-refractivity contribution in [2.45, 2.75) is 20.3 Å². The van der Waals surface area contributed by atoms with Crippen molar-refractivity contribution in [3.05, 3.63) is 53.9 Å². The summed E-state index contributed by atoms with van der Waals surface area (Å²) in [5.41, 5.74) is 3.72. The first-order valence-corrected chi connectivity index (χ1v) is 8.12. The van der Waals surface area contributed by atoms with E-state index in [-0.39, 0.29) is 11.8 Å². The molecule has 3 aromatic rings. The molecule has 0 bridgehead atoms. The van der Waals surface area contributed by atoms with E-state index in [4.69, 9.17) is 0 Å². The zero-order valence-corrected chi connectivity index (χ0v) is 14.5. The summed E-state index contributed by atoms with van der Waals surface area (Å²) in [6.07, 6.45) is 0.841. The zero-order valence-electron chi connectivity index (χ0n) is 14.5. The third-order valence-corrected chi connectivity index (χ3v) is 4.02. The number of nitrogens with zero attached hydrogens (tertiary/aromatic N) is 2. The number of amides is 2. The molecule has 1 heterocycles. The molecule has 25 heavy (non-hydrogen) atoms. The summed E-state index contributed by atoms with van der Waals surface area (Å²) in [5, 5.41) is 5.54. The van der Waals surface area contributed by atoms with Crippen molar-refractivity contribution in [1.29, 1.82) is 0 Å². The quantitative estimate of drug-likeness (QED) is 0.767. The average Bonchev–Trinajstić information content (AvgIpc) is 2.91. The maximum Gasteiger partial charge on any atom is 0.255 e. The molecule has 1 aromatic heterocycles. The molecule has 0 aliphatic heterocycles. The van der Waals surface area contributed by atoms with Crippen LogP contribution in [0.4, 0.5) is 11.4 Å². The van der Waals surface area contributed by atoms with Crippen LogP contribution in [0, 0.1) is 0 Å². The van der Waals surface area contributed by atoms with E-state index in [1.54, 1.807) is 36.4 Å². The molecule has 0 atom stereocenters. The van der Waals surface area contributed by atoms with Gasteiger partial charge in [-0.05, 0) is 42.5 Å². The van der Waals surface area contributed by atoms with Crippen LogP contribution < -0.4 is 10.6 Å². The van der Waals surface area contributed by atoms with Crippen molar-refractivity contribution in [3.8, 4) is 0 Å². The molecule has 6 nitrogen and oxygen atoms in total. The number of fused-ring (bicyclic) bond motifs is 1. The average molecular weight is 336 g/mol. The fourth-order valence-electron chi connectivity index (χ4n) is 2.75. The zero-order chi connectivity index (χ0) is 18.0. The molecule has 0 saturated carbocycles. The van der Waals surface area contributed by atoms with E-state index in [1.165, 1.54) is 6.92 Å². The number of anilines is 2. The van der Waals surface area contributed by atoms with E-state index in [9.17, 15) is 9.59 Å². The Balaban J connectivity index is 1.78. The second-order valence-electron chi connectivity index (χ2n) is 5.86. The Bertz CT molecular complexity index is 942. The lowest BCUT2D eigenvalue weighted by molar-refractivity contribution is -0.114. The van der Waals surface area contributed by atoms with Crippen LogP contribution in [-0.2, 0) is 18.3 Å². The molecule has 3 rings (SSSR count). The van der Waals surface area contributed by atoms with E-state index in [0.717, 1.165) is 23.3 Å². The van der Waals surface area contributed by atoms with Crippen LogP contribution in [0.3, 0.4) is 0 Å². The molecule has 6 heteroatoms. The summed E-state index contributed by atoms with van der Waals surface area (Å²) >= 11 is 0. The highest BCUT2D eigenvalue weighted by Gasteiger charge is 2.11. The number of carbonyl (C=O) groups excluding carboxylic acids is 2.